The summed E-state index contributed by atoms with van der Waals surface area (Å²) in [5, 5.41) is 21.4. The normalized spacial score (nSPS) is 9.41. The van der Waals surface area contributed by atoms with Crippen LogP contribution in [0, 0.1) is 25.0 Å². The summed E-state index contributed by atoms with van der Waals surface area (Å²) >= 11 is 1.93. The molecule has 0 fully saturated rings. The number of nitrogens with one attached hydrogen (secondary N) is 1. The Hall–Kier alpha value is -1.69. The van der Waals surface area contributed by atoms with Crippen molar-refractivity contribution in [1.29, 1.82) is 5.26 Å². The van der Waals surface area contributed by atoms with Crippen molar-refractivity contribution in [3.63, 3.8) is 0 Å². The van der Waals surface area contributed by atoms with Gasteiger partial charge in [0, 0.05) is 22.2 Å². The second-order valence-electron chi connectivity index (χ2n) is 3.09. The highest BCUT2D eigenvalue weighted by molar-refractivity contribution is 14.1. The van der Waals surface area contributed by atoms with Crippen molar-refractivity contribution in [1.82, 2.24) is 5.32 Å². The van der Waals surface area contributed by atoms with Gasteiger partial charge in [0.15, 0.2) is 0 Å². The summed E-state index contributed by atoms with van der Waals surface area (Å²) in [6, 6.07) is 5.97. The first-order valence-corrected chi connectivity index (χ1v) is 5.73. The molecule has 1 amide bonds. The standard InChI is InChI=1S/C10H8IN3O3/c11-9-3-2-7(14(16)17)6-8(9)10(15)13-5-1-4-12/h2-3,6H,1,5H2,(H,13,15). The molecular weight excluding hydrogens is 337 g/mol. The highest BCUT2D eigenvalue weighted by Gasteiger charge is 2.14. The third-order valence-electron chi connectivity index (χ3n) is 1.93. The van der Waals surface area contributed by atoms with Crippen molar-refractivity contribution in [2.45, 2.75) is 6.42 Å². The molecule has 0 atom stereocenters. The lowest BCUT2D eigenvalue weighted by atomic mass is 10.2. The van der Waals surface area contributed by atoms with E-state index in [9.17, 15) is 14.9 Å². The van der Waals surface area contributed by atoms with Gasteiger partial charge in [0.25, 0.3) is 11.6 Å². The minimum Gasteiger partial charge on any atom is -0.351 e. The molecule has 1 aromatic carbocycles. The molecule has 0 bridgehead atoms. The molecule has 0 aliphatic heterocycles. The number of non-ortho nitro benzene ring substituents is 1. The second kappa shape index (κ2) is 6.15. The van der Waals surface area contributed by atoms with Crippen LogP contribution in [-0.4, -0.2) is 17.4 Å². The molecule has 17 heavy (non-hydrogen) atoms. The van der Waals surface area contributed by atoms with Crippen LogP contribution in [0.5, 0.6) is 0 Å². The quantitative estimate of drug-likeness (QED) is 0.390. The number of nitriles is 1. The van der Waals surface area contributed by atoms with Crippen molar-refractivity contribution in [3.05, 3.63) is 37.4 Å². The van der Waals surface area contributed by atoms with Gasteiger partial charge in [-0.25, -0.2) is 0 Å². The van der Waals surface area contributed by atoms with E-state index in [4.69, 9.17) is 5.26 Å². The number of nitrogens with zero attached hydrogens (tertiary/aromatic N) is 2. The van der Waals surface area contributed by atoms with Crippen LogP contribution in [0.3, 0.4) is 0 Å². The Balaban J connectivity index is 2.89. The highest BCUT2D eigenvalue weighted by atomic mass is 127. The van der Waals surface area contributed by atoms with Crippen LogP contribution in [0.25, 0.3) is 0 Å². The van der Waals surface area contributed by atoms with Crippen molar-refractivity contribution in [3.8, 4) is 6.07 Å². The predicted octanol–water partition coefficient (Wildman–Crippen LogP) is 1.84. The van der Waals surface area contributed by atoms with E-state index in [1.54, 1.807) is 0 Å². The number of rotatable bonds is 4. The van der Waals surface area contributed by atoms with Crippen LogP contribution in [0.2, 0.25) is 0 Å². The van der Waals surface area contributed by atoms with E-state index in [1.807, 2.05) is 28.7 Å². The Kier molecular flexibility index (Phi) is 4.84. The topological polar surface area (TPSA) is 96.0 Å². The van der Waals surface area contributed by atoms with Gasteiger partial charge < -0.3 is 5.32 Å². The molecule has 1 rings (SSSR count). The highest BCUT2D eigenvalue weighted by Crippen LogP contribution is 2.19. The van der Waals surface area contributed by atoms with Gasteiger partial charge in [-0.15, -0.1) is 0 Å². The lowest BCUT2D eigenvalue weighted by molar-refractivity contribution is -0.384. The maximum atomic E-state index is 11.7. The number of carbonyl (C=O) groups excluding carboxylic acids is 1. The molecule has 0 aromatic heterocycles. The summed E-state index contributed by atoms with van der Waals surface area (Å²) in [6.45, 7) is 0.230. The summed E-state index contributed by atoms with van der Waals surface area (Å²) in [6.07, 6.45) is 0.206. The molecule has 6 nitrogen and oxygen atoms in total. The van der Waals surface area contributed by atoms with E-state index < -0.39 is 10.8 Å². The van der Waals surface area contributed by atoms with Crippen LogP contribution in [0.15, 0.2) is 18.2 Å². The Morgan fingerprint density at radius 3 is 2.88 bits per heavy atom. The minimum atomic E-state index is -0.553. The number of nitro groups is 1. The molecule has 1 N–H and O–H groups in total. The van der Waals surface area contributed by atoms with E-state index in [-0.39, 0.29) is 24.2 Å². The molecule has 0 aliphatic carbocycles. The Morgan fingerprint density at radius 2 is 2.29 bits per heavy atom. The average Bonchev–Trinajstić information content (AvgIpc) is 2.29. The van der Waals surface area contributed by atoms with E-state index >= 15 is 0 Å². The fraction of sp³-hybridized carbons (Fsp3) is 0.200. The molecule has 0 saturated carbocycles. The van der Waals surface area contributed by atoms with Gasteiger partial charge in [0.2, 0.25) is 0 Å². The van der Waals surface area contributed by atoms with Crippen LogP contribution in [-0.2, 0) is 0 Å². The number of amides is 1. The zero-order valence-corrected chi connectivity index (χ0v) is 10.8. The zero-order chi connectivity index (χ0) is 12.8. The summed E-state index contributed by atoms with van der Waals surface area (Å²) in [5.74, 6) is -0.409. The lowest BCUT2D eigenvalue weighted by Gasteiger charge is -2.04. The monoisotopic (exact) mass is 345 g/mol. The smallest absolute Gasteiger partial charge is 0.270 e. The number of benzene rings is 1. The van der Waals surface area contributed by atoms with Crippen LogP contribution >= 0.6 is 22.6 Å². The number of hydrogen-bond donors (Lipinski definition) is 1. The second-order valence-corrected chi connectivity index (χ2v) is 4.25. The molecule has 0 heterocycles. The molecule has 7 heteroatoms. The summed E-state index contributed by atoms with van der Waals surface area (Å²) in [5.41, 5.74) is 0.119. The molecule has 0 spiro atoms. The summed E-state index contributed by atoms with van der Waals surface area (Å²) in [7, 11) is 0. The molecule has 0 radical (unpaired) electrons. The van der Waals surface area contributed by atoms with Gasteiger partial charge >= 0.3 is 0 Å². The number of halogens is 1. The molecule has 0 unspecified atom stereocenters. The van der Waals surface area contributed by atoms with Gasteiger partial charge in [-0.3, -0.25) is 14.9 Å². The van der Waals surface area contributed by atoms with Gasteiger partial charge in [-0.1, -0.05) is 0 Å². The Morgan fingerprint density at radius 1 is 1.59 bits per heavy atom. The van der Waals surface area contributed by atoms with Crippen molar-refractivity contribution in [2.75, 3.05) is 6.54 Å². The third-order valence-corrected chi connectivity index (χ3v) is 2.87. The third kappa shape index (κ3) is 3.67. The zero-order valence-electron chi connectivity index (χ0n) is 8.64. The maximum Gasteiger partial charge on any atom is 0.270 e. The van der Waals surface area contributed by atoms with Gasteiger partial charge in [0.05, 0.1) is 23.0 Å². The van der Waals surface area contributed by atoms with Crippen LogP contribution in [0.4, 0.5) is 5.69 Å². The number of hydrogen-bond acceptors (Lipinski definition) is 4. The van der Waals surface area contributed by atoms with E-state index in [2.05, 4.69) is 5.32 Å². The van der Waals surface area contributed by atoms with Gasteiger partial charge in [-0.2, -0.15) is 5.26 Å². The van der Waals surface area contributed by atoms with E-state index in [0.717, 1.165) is 0 Å². The summed E-state index contributed by atoms with van der Waals surface area (Å²) in [4.78, 5) is 21.7. The first-order chi connectivity index (χ1) is 8.06. The number of carbonyl (C=O) groups is 1. The van der Waals surface area contributed by atoms with Gasteiger partial charge in [0.1, 0.15) is 0 Å². The first kappa shape index (κ1) is 13.4. The fourth-order valence-corrected chi connectivity index (χ4v) is 1.71. The van der Waals surface area contributed by atoms with Crippen molar-refractivity contribution >= 4 is 34.2 Å². The minimum absolute atomic E-state index is 0.129. The van der Waals surface area contributed by atoms with E-state index in [1.165, 1.54) is 18.2 Å². The van der Waals surface area contributed by atoms with Crippen LogP contribution in [0.1, 0.15) is 16.8 Å². The Bertz CT molecular complexity index is 496. The summed E-state index contributed by atoms with van der Waals surface area (Å²) < 4.78 is 0.627. The maximum absolute atomic E-state index is 11.7. The number of nitro benzene ring substituents is 1. The van der Waals surface area contributed by atoms with Gasteiger partial charge in [-0.05, 0) is 28.7 Å². The van der Waals surface area contributed by atoms with Crippen molar-refractivity contribution in [2.24, 2.45) is 0 Å². The Labute approximate surface area is 111 Å². The predicted molar refractivity (Wildman–Crippen MR) is 68.4 cm³/mol. The fourth-order valence-electron chi connectivity index (χ4n) is 1.13. The average molecular weight is 345 g/mol. The van der Waals surface area contributed by atoms with Crippen molar-refractivity contribution < 1.29 is 9.72 Å². The molecule has 0 aliphatic rings. The van der Waals surface area contributed by atoms with Crippen LogP contribution < -0.4 is 5.32 Å². The first-order valence-electron chi connectivity index (χ1n) is 4.65. The molecule has 88 valence electrons. The largest absolute Gasteiger partial charge is 0.351 e. The van der Waals surface area contributed by atoms with E-state index in [0.29, 0.717) is 3.57 Å². The SMILES string of the molecule is N#CCCNC(=O)c1cc([N+](=O)[O-])ccc1I. The molecule has 0 saturated heterocycles. The molecule has 1 aromatic rings. The molecular formula is C10H8IN3O3. The lowest BCUT2D eigenvalue weighted by Crippen LogP contribution is -2.25.